The zero-order valence-electron chi connectivity index (χ0n) is 21.8. The third-order valence-corrected chi connectivity index (χ3v) is 6.14. The van der Waals surface area contributed by atoms with Gasteiger partial charge in [0.05, 0.1) is 46.1 Å². The highest BCUT2D eigenvalue weighted by Crippen LogP contribution is 2.37. The van der Waals surface area contributed by atoms with Gasteiger partial charge in [-0.1, -0.05) is 28.9 Å². The Balaban J connectivity index is 1.28. The summed E-state index contributed by atoms with van der Waals surface area (Å²) < 4.78 is 27.8. The number of hydrogen-bond donors (Lipinski definition) is 0. The Kier molecular flexibility index (Phi) is 12.1. The van der Waals surface area contributed by atoms with Gasteiger partial charge in [0, 0.05) is 17.9 Å². The van der Waals surface area contributed by atoms with Crippen LogP contribution in [0.2, 0.25) is 0 Å². The molecule has 0 bridgehead atoms. The fourth-order valence-corrected chi connectivity index (χ4v) is 4.32. The molecule has 0 N–H and O–H groups in total. The Morgan fingerprint density at radius 1 is 0.973 bits per heavy atom. The topological polar surface area (TPSA) is 112 Å². The van der Waals surface area contributed by atoms with Crippen molar-refractivity contribution < 1.29 is 28.5 Å². The molecule has 0 heterocycles. The van der Waals surface area contributed by atoms with Gasteiger partial charge in [-0.15, -0.1) is 0 Å². The molecule has 1 aliphatic rings. The Labute approximate surface area is 218 Å². The minimum atomic E-state index is -0.212. The molecule has 0 amide bonds. The van der Waals surface area contributed by atoms with Gasteiger partial charge in [0.1, 0.15) is 18.1 Å². The maximum absolute atomic E-state index is 12.3. The van der Waals surface area contributed by atoms with Crippen LogP contribution in [0.3, 0.4) is 0 Å². The van der Waals surface area contributed by atoms with Gasteiger partial charge in [0.15, 0.2) is 0 Å². The molecule has 2 aromatic rings. The Bertz CT molecular complexity index is 1050. The molecule has 9 nitrogen and oxygen atoms in total. The first kappa shape index (κ1) is 28.3. The zero-order chi connectivity index (χ0) is 26.3. The minimum absolute atomic E-state index is 0.174. The van der Waals surface area contributed by atoms with E-state index in [-0.39, 0.29) is 18.5 Å². The number of rotatable bonds is 17. The molecule has 200 valence electrons. The van der Waals surface area contributed by atoms with Gasteiger partial charge in [-0.2, -0.15) is 0 Å². The van der Waals surface area contributed by atoms with E-state index in [0.717, 1.165) is 36.3 Å². The summed E-state index contributed by atoms with van der Waals surface area (Å²) in [6.45, 7) is 7.33. The van der Waals surface area contributed by atoms with Crippen molar-refractivity contribution in [3.05, 3.63) is 69.1 Å². The van der Waals surface area contributed by atoms with Gasteiger partial charge in [0.2, 0.25) is 0 Å². The van der Waals surface area contributed by atoms with Gasteiger partial charge < -0.3 is 23.7 Å². The number of carbonyl (C=O) groups is 1. The number of ether oxygens (including phenoxy) is 5. The lowest BCUT2D eigenvalue weighted by atomic mass is 9.98. The Morgan fingerprint density at radius 2 is 1.76 bits per heavy atom. The van der Waals surface area contributed by atoms with Crippen LogP contribution in [0.4, 0.5) is 0 Å². The number of aryl methyl sites for hydroxylation is 3. The van der Waals surface area contributed by atoms with E-state index < -0.39 is 0 Å². The van der Waals surface area contributed by atoms with Gasteiger partial charge in [-0.3, -0.25) is 4.79 Å². The predicted octanol–water partition coefficient (Wildman–Crippen LogP) is 5.46. The average Bonchev–Trinajstić information content (AvgIpc) is 3.28. The smallest absolute Gasteiger partial charge is 0.306 e. The van der Waals surface area contributed by atoms with E-state index in [2.05, 4.69) is 48.1 Å². The van der Waals surface area contributed by atoms with E-state index in [4.69, 9.17) is 29.2 Å². The summed E-state index contributed by atoms with van der Waals surface area (Å²) in [4.78, 5) is 14.9. The number of nitrogens with zero attached hydrogens (tertiary/aromatic N) is 3. The van der Waals surface area contributed by atoms with Crippen LogP contribution >= 0.6 is 0 Å². The summed E-state index contributed by atoms with van der Waals surface area (Å²) in [5.74, 6) is 1.74. The molecule has 37 heavy (non-hydrogen) atoms. The molecule has 1 atom stereocenters. The normalized spacial score (nSPS) is 14.1. The molecular weight excluding hydrogens is 474 g/mol. The van der Waals surface area contributed by atoms with E-state index in [1.54, 1.807) is 0 Å². The summed E-state index contributed by atoms with van der Waals surface area (Å²) in [6, 6.07) is 12.3. The van der Waals surface area contributed by atoms with E-state index in [1.807, 2.05) is 12.1 Å². The lowest BCUT2D eigenvalue weighted by Crippen LogP contribution is -2.14. The average molecular weight is 512 g/mol. The first-order valence-electron chi connectivity index (χ1n) is 12.8. The molecule has 9 heteroatoms. The van der Waals surface area contributed by atoms with Crippen molar-refractivity contribution in [3.63, 3.8) is 0 Å². The summed E-state index contributed by atoms with van der Waals surface area (Å²) in [6.07, 6.45) is 3.03. The third-order valence-electron chi connectivity index (χ3n) is 6.14. The van der Waals surface area contributed by atoms with Crippen LogP contribution in [-0.2, 0) is 25.4 Å². The molecule has 1 aliphatic carbocycles. The van der Waals surface area contributed by atoms with E-state index in [9.17, 15) is 4.79 Å². The van der Waals surface area contributed by atoms with Gasteiger partial charge in [0.25, 0.3) is 0 Å². The van der Waals surface area contributed by atoms with Crippen molar-refractivity contribution in [2.75, 3.05) is 52.8 Å². The molecule has 0 unspecified atom stereocenters. The molecular formula is C28H37N3O6. The van der Waals surface area contributed by atoms with Gasteiger partial charge in [-0.25, -0.2) is 0 Å². The lowest BCUT2D eigenvalue weighted by molar-refractivity contribution is -0.145. The Morgan fingerprint density at radius 3 is 2.57 bits per heavy atom. The maximum Gasteiger partial charge on any atom is 0.306 e. The molecule has 0 saturated heterocycles. The first-order chi connectivity index (χ1) is 18.1. The SMILES string of the molecule is Cc1ccc(OCCCOc2ccc3c(c2)CC[C@H]3CC(=O)OCCOCCOCCN=[N+]=[N-])c(C)c1. The molecule has 0 aromatic heterocycles. The molecule has 3 rings (SSSR count). The van der Waals surface area contributed by atoms with Gasteiger partial charge >= 0.3 is 5.97 Å². The van der Waals surface area contributed by atoms with Crippen LogP contribution in [0, 0.1) is 13.8 Å². The second-order valence-electron chi connectivity index (χ2n) is 9.02. The maximum atomic E-state index is 12.3. The van der Waals surface area contributed by atoms with Crippen LogP contribution in [0.5, 0.6) is 11.5 Å². The number of carbonyl (C=O) groups excluding carboxylic acids is 1. The number of hydrogen-bond acceptors (Lipinski definition) is 7. The number of esters is 1. The molecule has 0 aliphatic heterocycles. The van der Waals surface area contributed by atoms with Crippen LogP contribution in [-0.4, -0.2) is 58.8 Å². The van der Waals surface area contributed by atoms with E-state index in [0.29, 0.717) is 52.6 Å². The second kappa shape index (κ2) is 15.8. The summed E-state index contributed by atoms with van der Waals surface area (Å²) in [7, 11) is 0. The molecule has 0 saturated carbocycles. The lowest BCUT2D eigenvalue weighted by Gasteiger charge is -2.13. The Hall–Kier alpha value is -3.26. The van der Waals surface area contributed by atoms with Crippen molar-refractivity contribution in [2.45, 2.75) is 45.4 Å². The first-order valence-corrected chi connectivity index (χ1v) is 12.8. The largest absolute Gasteiger partial charge is 0.493 e. The van der Waals surface area contributed by atoms with Crippen LogP contribution < -0.4 is 9.47 Å². The van der Waals surface area contributed by atoms with E-state index in [1.165, 1.54) is 16.7 Å². The highest BCUT2D eigenvalue weighted by atomic mass is 16.6. The van der Waals surface area contributed by atoms with Crippen molar-refractivity contribution in [1.82, 2.24) is 0 Å². The van der Waals surface area contributed by atoms with Crippen molar-refractivity contribution in [2.24, 2.45) is 5.11 Å². The predicted molar refractivity (Wildman–Crippen MR) is 140 cm³/mol. The van der Waals surface area contributed by atoms with Crippen molar-refractivity contribution in [3.8, 4) is 11.5 Å². The quantitative estimate of drug-likeness (QED) is 0.0917. The molecule has 0 fully saturated rings. The van der Waals surface area contributed by atoms with Crippen LogP contribution in [0.1, 0.15) is 47.4 Å². The number of benzene rings is 2. The summed E-state index contributed by atoms with van der Waals surface area (Å²) in [5.41, 5.74) is 13.0. The van der Waals surface area contributed by atoms with E-state index >= 15 is 0 Å². The molecule has 0 radical (unpaired) electrons. The van der Waals surface area contributed by atoms with Crippen molar-refractivity contribution in [1.29, 1.82) is 0 Å². The zero-order valence-corrected chi connectivity index (χ0v) is 21.8. The third kappa shape index (κ3) is 9.96. The standard InChI is InChI=1S/C28H37N3O6/c1-21-4-9-27(22(2)18-21)36-12-3-11-35-25-7-8-26-23(19-25)5-6-24(26)20-28(32)37-17-16-34-15-14-33-13-10-30-31-29/h4,7-9,18-19,24H,3,5-6,10-17,20H2,1-2H3/t24-/m0/s1. The van der Waals surface area contributed by atoms with Crippen LogP contribution in [0.15, 0.2) is 41.5 Å². The minimum Gasteiger partial charge on any atom is -0.493 e. The fraction of sp³-hybridized carbons (Fsp3) is 0.536. The second-order valence-corrected chi connectivity index (χ2v) is 9.02. The number of azide groups is 1. The molecule has 0 spiro atoms. The monoisotopic (exact) mass is 511 g/mol. The van der Waals surface area contributed by atoms with Crippen LogP contribution in [0.25, 0.3) is 10.4 Å². The fourth-order valence-electron chi connectivity index (χ4n) is 4.32. The molecule has 2 aromatic carbocycles. The highest BCUT2D eigenvalue weighted by Gasteiger charge is 2.25. The van der Waals surface area contributed by atoms with Gasteiger partial charge in [-0.05, 0) is 73.0 Å². The highest BCUT2D eigenvalue weighted by molar-refractivity contribution is 5.71. The summed E-state index contributed by atoms with van der Waals surface area (Å²) in [5, 5.41) is 3.38. The van der Waals surface area contributed by atoms with Crippen molar-refractivity contribution >= 4 is 5.97 Å². The summed E-state index contributed by atoms with van der Waals surface area (Å²) >= 11 is 0. The number of fused-ring (bicyclic) bond motifs is 1.